The Hall–Kier alpha value is -3.19. The molecule has 0 radical (unpaired) electrons. The van der Waals surface area contributed by atoms with E-state index in [4.69, 9.17) is 10.5 Å². The van der Waals surface area contributed by atoms with Crippen LogP contribution in [0.4, 0.5) is 5.00 Å². The maximum absolute atomic E-state index is 12.6. The van der Waals surface area contributed by atoms with Crippen LogP contribution in [0.3, 0.4) is 0 Å². The van der Waals surface area contributed by atoms with Crippen LogP contribution in [0, 0.1) is 6.92 Å². The molecule has 2 aromatic carbocycles. The molecule has 0 saturated heterocycles. The summed E-state index contributed by atoms with van der Waals surface area (Å²) in [6, 6.07) is 13.5. The van der Waals surface area contributed by atoms with Gasteiger partial charge in [-0.1, -0.05) is 42.5 Å². The lowest BCUT2D eigenvalue weighted by atomic mass is 10.0. The van der Waals surface area contributed by atoms with Crippen LogP contribution in [0.1, 0.15) is 31.2 Å². The standard InChI is InChI=1S/C20H18N2O4S/c1-11-16(18(21)24)19(27-17(11)20(25)26-2)22-15(23)10-13-8-5-7-12-6-3-4-9-14(12)13/h3-9H,10H2,1-2H3,(H2,21,24)(H,22,23). The van der Waals surface area contributed by atoms with E-state index in [-0.39, 0.29) is 27.8 Å². The van der Waals surface area contributed by atoms with E-state index >= 15 is 0 Å². The van der Waals surface area contributed by atoms with Gasteiger partial charge in [-0.2, -0.15) is 0 Å². The van der Waals surface area contributed by atoms with Gasteiger partial charge in [0.1, 0.15) is 9.88 Å². The van der Waals surface area contributed by atoms with Gasteiger partial charge in [0, 0.05) is 0 Å². The molecule has 0 atom stereocenters. The maximum atomic E-state index is 12.6. The number of thiophene rings is 1. The van der Waals surface area contributed by atoms with E-state index in [2.05, 4.69) is 5.32 Å². The van der Waals surface area contributed by atoms with E-state index in [1.807, 2.05) is 42.5 Å². The molecule has 0 aliphatic heterocycles. The number of anilines is 1. The fourth-order valence-electron chi connectivity index (χ4n) is 2.98. The molecule has 1 heterocycles. The summed E-state index contributed by atoms with van der Waals surface area (Å²) in [7, 11) is 1.25. The third-order valence-corrected chi connectivity index (χ3v) is 5.44. The first-order valence-electron chi connectivity index (χ1n) is 8.20. The number of nitrogens with one attached hydrogen (secondary N) is 1. The predicted octanol–water partition coefficient (Wildman–Crippen LogP) is 3.28. The van der Waals surface area contributed by atoms with Crippen LogP contribution in [-0.2, 0) is 16.0 Å². The van der Waals surface area contributed by atoms with Crippen LogP contribution in [0.15, 0.2) is 42.5 Å². The summed E-state index contributed by atoms with van der Waals surface area (Å²) in [6.07, 6.45) is 0.129. The second kappa shape index (κ2) is 7.59. The smallest absolute Gasteiger partial charge is 0.348 e. The number of amides is 2. The average Bonchev–Trinajstić information content (AvgIpc) is 2.97. The number of methoxy groups -OCH3 is 1. The molecular weight excluding hydrogens is 364 g/mol. The van der Waals surface area contributed by atoms with Gasteiger partial charge in [0.2, 0.25) is 5.91 Å². The third-order valence-electron chi connectivity index (χ3n) is 4.25. The quantitative estimate of drug-likeness (QED) is 0.662. The van der Waals surface area contributed by atoms with E-state index < -0.39 is 11.9 Å². The molecule has 1 aromatic heterocycles. The number of ether oxygens (including phenoxy) is 1. The highest BCUT2D eigenvalue weighted by molar-refractivity contribution is 7.18. The Kier molecular flexibility index (Phi) is 5.23. The number of esters is 1. The fourth-order valence-corrected chi connectivity index (χ4v) is 4.12. The van der Waals surface area contributed by atoms with Crippen molar-refractivity contribution in [1.82, 2.24) is 0 Å². The largest absolute Gasteiger partial charge is 0.465 e. The number of benzene rings is 2. The normalized spacial score (nSPS) is 10.6. The lowest BCUT2D eigenvalue weighted by Gasteiger charge is -2.08. The first-order valence-corrected chi connectivity index (χ1v) is 9.02. The molecule has 27 heavy (non-hydrogen) atoms. The number of carbonyl (C=O) groups excluding carboxylic acids is 3. The van der Waals surface area contributed by atoms with Gasteiger partial charge < -0.3 is 15.8 Å². The van der Waals surface area contributed by atoms with Crippen molar-refractivity contribution in [1.29, 1.82) is 0 Å². The minimum Gasteiger partial charge on any atom is -0.465 e. The molecule has 6 nitrogen and oxygen atoms in total. The van der Waals surface area contributed by atoms with Crippen molar-refractivity contribution in [2.45, 2.75) is 13.3 Å². The van der Waals surface area contributed by atoms with E-state index in [0.29, 0.717) is 5.56 Å². The monoisotopic (exact) mass is 382 g/mol. The summed E-state index contributed by atoms with van der Waals surface area (Å²) in [4.78, 5) is 36.5. The van der Waals surface area contributed by atoms with Crippen LogP contribution in [-0.4, -0.2) is 24.9 Å². The molecule has 0 unspecified atom stereocenters. The summed E-state index contributed by atoms with van der Waals surface area (Å²) in [5.74, 6) is -1.58. The van der Waals surface area contributed by atoms with Crippen LogP contribution in [0.5, 0.6) is 0 Å². The van der Waals surface area contributed by atoms with Crippen molar-refractivity contribution in [3.63, 3.8) is 0 Å². The van der Waals surface area contributed by atoms with Crippen LogP contribution < -0.4 is 11.1 Å². The summed E-state index contributed by atoms with van der Waals surface area (Å²) >= 11 is 0.982. The molecule has 2 amide bonds. The molecule has 7 heteroatoms. The van der Waals surface area contributed by atoms with Gasteiger partial charge in [-0.15, -0.1) is 11.3 Å². The van der Waals surface area contributed by atoms with E-state index in [9.17, 15) is 14.4 Å². The van der Waals surface area contributed by atoms with Gasteiger partial charge in [-0.05, 0) is 28.8 Å². The number of hydrogen-bond acceptors (Lipinski definition) is 5. The zero-order chi connectivity index (χ0) is 19.6. The van der Waals surface area contributed by atoms with Crippen molar-refractivity contribution in [3.05, 3.63) is 64.0 Å². The van der Waals surface area contributed by atoms with Crippen molar-refractivity contribution in [2.24, 2.45) is 5.73 Å². The lowest BCUT2D eigenvalue weighted by molar-refractivity contribution is -0.115. The summed E-state index contributed by atoms with van der Waals surface area (Å²) in [5, 5.41) is 5.00. The first kappa shape index (κ1) is 18.6. The Morgan fingerprint density at radius 2 is 1.81 bits per heavy atom. The number of primary amides is 1. The molecule has 3 rings (SSSR count). The molecule has 0 spiro atoms. The van der Waals surface area contributed by atoms with Crippen molar-refractivity contribution in [3.8, 4) is 0 Å². The van der Waals surface area contributed by atoms with E-state index in [1.165, 1.54) is 7.11 Å². The highest BCUT2D eigenvalue weighted by Crippen LogP contribution is 2.33. The molecule has 138 valence electrons. The van der Waals surface area contributed by atoms with Crippen LogP contribution in [0.2, 0.25) is 0 Å². The highest BCUT2D eigenvalue weighted by atomic mass is 32.1. The van der Waals surface area contributed by atoms with Crippen molar-refractivity contribution >= 4 is 44.9 Å². The minimum absolute atomic E-state index is 0.129. The van der Waals surface area contributed by atoms with E-state index in [0.717, 1.165) is 27.7 Å². The zero-order valence-electron chi connectivity index (χ0n) is 14.9. The number of hydrogen-bond donors (Lipinski definition) is 2. The first-order chi connectivity index (χ1) is 12.9. The second-order valence-corrected chi connectivity index (χ2v) is 7.00. The minimum atomic E-state index is -0.709. The Labute approximate surface area is 159 Å². The third kappa shape index (κ3) is 3.68. The number of carbonyl (C=O) groups is 3. The Balaban J connectivity index is 1.89. The topological polar surface area (TPSA) is 98.5 Å². The molecule has 0 saturated carbocycles. The summed E-state index contributed by atoms with van der Waals surface area (Å²) < 4.78 is 4.72. The Morgan fingerprint density at radius 1 is 1.11 bits per heavy atom. The predicted molar refractivity (Wildman–Crippen MR) is 105 cm³/mol. The van der Waals surface area contributed by atoms with Gasteiger partial charge in [-0.3, -0.25) is 9.59 Å². The van der Waals surface area contributed by atoms with Crippen molar-refractivity contribution < 1.29 is 19.1 Å². The second-order valence-electron chi connectivity index (χ2n) is 5.98. The summed E-state index contributed by atoms with van der Waals surface area (Å²) in [6.45, 7) is 1.60. The van der Waals surface area contributed by atoms with Gasteiger partial charge in [0.05, 0.1) is 19.1 Å². The molecule has 3 N–H and O–H groups in total. The fraction of sp³-hybridized carbons (Fsp3) is 0.150. The molecule has 0 aliphatic rings. The summed E-state index contributed by atoms with van der Waals surface area (Å²) in [5.41, 5.74) is 6.84. The molecule has 0 aliphatic carbocycles. The zero-order valence-corrected chi connectivity index (χ0v) is 15.7. The lowest BCUT2D eigenvalue weighted by Crippen LogP contribution is -2.18. The highest BCUT2D eigenvalue weighted by Gasteiger charge is 2.24. The number of rotatable bonds is 5. The van der Waals surface area contributed by atoms with Crippen LogP contribution >= 0.6 is 11.3 Å². The van der Waals surface area contributed by atoms with Gasteiger partial charge in [0.15, 0.2) is 0 Å². The van der Waals surface area contributed by atoms with E-state index in [1.54, 1.807) is 6.92 Å². The molecule has 3 aromatic rings. The number of nitrogens with two attached hydrogens (primary N) is 1. The van der Waals surface area contributed by atoms with Crippen molar-refractivity contribution in [2.75, 3.05) is 12.4 Å². The number of fused-ring (bicyclic) bond motifs is 1. The Bertz CT molecular complexity index is 1050. The molecule has 0 fully saturated rings. The van der Waals surface area contributed by atoms with Gasteiger partial charge in [-0.25, -0.2) is 4.79 Å². The molecule has 0 bridgehead atoms. The maximum Gasteiger partial charge on any atom is 0.348 e. The average molecular weight is 382 g/mol. The Morgan fingerprint density at radius 3 is 2.52 bits per heavy atom. The van der Waals surface area contributed by atoms with Crippen LogP contribution in [0.25, 0.3) is 10.8 Å². The van der Waals surface area contributed by atoms with Gasteiger partial charge in [0.25, 0.3) is 5.91 Å². The van der Waals surface area contributed by atoms with Gasteiger partial charge >= 0.3 is 5.97 Å². The molecular formula is C20H18N2O4S. The SMILES string of the molecule is COC(=O)c1sc(NC(=O)Cc2cccc3ccccc23)c(C(N)=O)c1C.